The van der Waals surface area contributed by atoms with Crippen molar-refractivity contribution in [2.45, 2.75) is 45.1 Å². The quantitative estimate of drug-likeness (QED) is 0.552. The lowest BCUT2D eigenvalue weighted by Crippen LogP contribution is -2.45. The Kier molecular flexibility index (Phi) is 7.59. The number of ether oxygens (including phenoxy) is 1. The molecule has 1 saturated carbocycles. The molecule has 0 saturated heterocycles. The number of nitrogens with one attached hydrogen (secondary N) is 1. The molecule has 1 aliphatic carbocycles. The van der Waals surface area contributed by atoms with Gasteiger partial charge in [0.2, 0.25) is 10.0 Å². The highest BCUT2D eigenvalue weighted by Gasteiger charge is 2.29. The van der Waals surface area contributed by atoms with Crippen molar-refractivity contribution in [2.75, 3.05) is 19.4 Å². The molecule has 1 amide bonds. The number of sulfonamides is 1. The highest BCUT2D eigenvalue weighted by molar-refractivity contribution is 7.88. The number of carbonyl (C=O) groups excluding carboxylic acids is 1. The lowest BCUT2D eigenvalue weighted by molar-refractivity contribution is -0.121. The van der Waals surface area contributed by atoms with Crippen LogP contribution in [0.1, 0.15) is 44.6 Å². The zero-order valence-corrected chi connectivity index (χ0v) is 16.2. The summed E-state index contributed by atoms with van der Waals surface area (Å²) in [6.07, 6.45) is 7.33. The Morgan fingerprint density at radius 2 is 2.00 bits per heavy atom. The van der Waals surface area contributed by atoms with E-state index >= 15 is 0 Å². The molecule has 1 aromatic carbocycles. The monoisotopic (exact) mass is 381 g/mol. The molecule has 0 aliphatic heterocycles. The molecule has 0 spiro atoms. The van der Waals surface area contributed by atoms with Gasteiger partial charge in [0.25, 0.3) is 5.91 Å². The molecule has 1 fully saturated rings. The summed E-state index contributed by atoms with van der Waals surface area (Å²) in [5.41, 5.74) is 3.15. The average molecular weight is 381 g/mol. The topological polar surface area (TPSA) is 88.1 Å². The second-order valence-electron chi connectivity index (χ2n) is 6.36. The van der Waals surface area contributed by atoms with E-state index in [1.54, 1.807) is 0 Å². The Hall–Kier alpha value is -1.93. The Morgan fingerprint density at radius 1 is 1.31 bits per heavy atom. The summed E-state index contributed by atoms with van der Waals surface area (Å²) in [4.78, 5) is 12.2. The van der Waals surface area contributed by atoms with Crippen LogP contribution in [-0.4, -0.2) is 50.3 Å². The van der Waals surface area contributed by atoms with E-state index in [1.165, 1.54) is 10.5 Å². The summed E-state index contributed by atoms with van der Waals surface area (Å²) in [5.74, 6) is 0.221. The largest absolute Gasteiger partial charge is 0.493 e. The SMILES string of the molecule is CCOc1ccccc1C=NNC(=O)CN(C1CCCCC1)S(C)(=O)=O. The first-order chi connectivity index (χ1) is 12.4. The summed E-state index contributed by atoms with van der Waals surface area (Å²) < 4.78 is 30.9. The molecule has 1 aliphatic rings. The van der Waals surface area contributed by atoms with Gasteiger partial charge in [-0.3, -0.25) is 4.79 Å². The van der Waals surface area contributed by atoms with Gasteiger partial charge in [0.1, 0.15) is 5.75 Å². The van der Waals surface area contributed by atoms with Gasteiger partial charge in [0.15, 0.2) is 0 Å². The molecule has 0 radical (unpaired) electrons. The Balaban J connectivity index is 1.98. The van der Waals surface area contributed by atoms with Crippen molar-refractivity contribution < 1.29 is 17.9 Å². The number of rotatable bonds is 8. The van der Waals surface area contributed by atoms with Gasteiger partial charge in [0, 0.05) is 11.6 Å². The van der Waals surface area contributed by atoms with Gasteiger partial charge < -0.3 is 4.74 Å². The molecule has 0 aromatic heterocycles. The van der Waals surface area contributed by atoms with Crippen LogP contribution in [0.15, 0.2) is 29.4 Å². The van der Waals surface area contributed by atoms with Gasteiger partial charge in [-0.2, -0.15) is 9.41 Å². The third kappa shape index (κ3) is 6.10. The van der Waals surface area contributed by atoms with Crippen molar-refractivity contribution in [3.05, 3.63) is 29.8 Å². The van der Waals surface area contributed by atoms with Crippen molar-refractivity contribution in [3.63, 3.8) is 0 Å². The minimum absolute atomic E-state index is 0.104. The first kappa shape index (κ1) is 20.4. The Morgan fingerprint density at radius 3 is 2.65 bits per heavy atom. The van der Waals surface area contributed by atoms with Crippen molar-refractivity contribution >= 4 is 22.1 Å². The van der Waals surface area contributed by atoms with Crippen LogP contribution >= 0.6 is 0 Å². The van der Waals surface area contributed by atoms with Gasteiger partial charge in [-0.15, -0.1) is 0 Å². The van der Waals surface area contributed by atoms with E-state index in [9.17, 15) is 13.2 Å². The van der Waals surface area contributed by atoms with Crippen LogP contribution in [0.4, 0.5) is 0 Å². The van der Waals surface area contributed by atoms with E-state index in [4.69, 9.17) is 4.74 Å². The molecule has 8 heteroatoms. The molecular formula is C18H27N3O4S. The van der Waals surface area contributed by atoms with E-state index in [2.05, 4.69) is 10.5 Å². The summed E-state index contributed by atoms with van der Waals surface area (Å²) in [7, 11) is -3.45. The highest BCUT2D eigenvalue weighted by atomic mass is 32.2. The molecule has 1 N–H and O–H groups in total. The van der Waals surface area contributed by atoms with Crippen LogP contribution in [0.2, 0.25) is 0 Å². The molecule has 0 heterocycles. The van der Waals surface area contributed by atoms with Crippen molar-refractivity contribution in [3.8, 4) is 5.75 Å². The molecule has 0 bridgehead atoms. The predicted molar refractivity (Wildman–Crippen MR) is 102 cm³/mol. The average Bonchev–Trinajstić information content (AvgIpc) is 2.61. The number of hydrogen-bond acceptors (Lipinski definition) is 5. The van der Waals surface area contributed by atoms with Gasteiger partial charge in [-0.25, -0.2) is 13.8 Å². The van der Waals surface area contributed by atoms with Gasteiger partial charge in [-0.05, 0) is 31.9 Å². The van der Waals surface area contributed by atoms with Crippen LogP contribution in [0.5, 0.6) is 5.75 Å². The van der Waals surface area contributed by atoms with E-state index < -0.39 is 15.9 Å². The normalized spacial score (nSPS) is 16.1. The first-order valence-corrected chi connectivity index (χ1v) is 10.8. The number of hydrogen-bond donors (Lipinski definition) is 1. The summed E-state index contributed by atoms with van der Waals surface area (Å²) >= 11 is 0. The predicted octanol–water partition coefficient (Wildman–Crippen LogP) is 2.13. The molecule has 2 rings (SSSR count). The highest BCUT2D eigenvalue weighted by Crippen LogP contribution is 2.24. The van der Waals surface area contributed by atoms with Crippen LogP contribution < -0.4 is 10.2 Å². The van der Waals surface area contributed by atoms with E-state index in [-0.39, 0.29) is 12.6 Å². The van der Waals surface area contributed by atoms with E-state index in [0.717, 1.165) is 43.9 Å². The van der Waals surface area contributed by atoms with Crippen molar-refractivity contribution in [2.24, 2.45) is 5.10 Å². The molecule has 1 aromatic rings. The number of carbonyl (C=O) groups is 1. The molecule has 26 heavy (non-hydrogen) atoms. The first-order valence-electron chi connectivity index (χ1n) is 8.92. The van der Waals surface area contributed by atoms with Crippen molar-refractivity contribution in [1.29, 1.82) is 0 Å². The van der Waals surface area contributed by atoms with E-state index in [0.29, 0.717) is 12.4 Å². The van der Waals surface area contributed by atoms with Gasteiger partial charge in [-0.1, -0.05) is 31.4 Å². The molecule has 0 unspecified atom stereocenters. The fourth-order valence-electron chi connectivity index (χ4n) is 3.11. The van der Waals surface area contributed by atoms with Crippen molar-refractivity contribution in [1.82, 2.24) is 9.73 Å². The van der Waals surface area contributed by atoms with Gasteiger partial charge >= 0.3 is 0 Å². The molecule has 7 nitrogen and oxygen atoms in total. The Labute approximate surface area is 155 Å². The second-order valence-corrected chi connectivity index (χ2v) is 8.30. The summed E-state index contributed by atoms with van der Waals surface area (Å²) in [5, 5.41) is 3.94. The van der Waals surface area contributed by atoms with Crippen LogP contribution in [0, 0.1) is 0 Å². The number of benzene rings is 1. The second kappa shape index (κ2) is 9.68. The zero-order valence-electron chi connectivity index (χ0n) is 15.3. The Bertz CT molecular complexity index is 728. The number of amides is 1. The van der Waals surface area contributed by atoms with Crippen LogP contribution in [0.25, 0.3) is 0 Å². The maximum absolute atomic E-state index is 12.2. The number of nitrogens with zero attached hydrogens (tertiary/aromatic N) is 2. The van der Waals surface area contributed by atoms with Gasteiger partial charge in [0.05, 0.1) is 25.6 Å². The standard InChI is InChI=1S/C18H27N3O4S/c1-3-25-17-12-8-7-9-15(17)13-19-20-18(22)14-21(26(2,23)24)16-10-5-4-6-11-16/h7-9,12-13,16H,3-6,10-11,14H2,1-2H3,(H,20,22). The lowest BCUT2D eigenvalue weighted by atomic mass is 9.95. The maximum atomic E-state index is 12.2. The molecular weight excluding hydrogens is 354 g/mol. The maximum Gasteiger partial charge on any atom is 0.255 e. The summed E-state index contributed by atoms with van der Waals surface area (Å²) in [6.45, 7) is 2.20. The fourth-order valence-corrected chi connectivity index (χ4v) is 4.22. The summed E-state index contributed by atoms with van der Waals surface area (Å²) in [6, 6.07) is 7.24. The van der Waals surface area contributed by atoms with E-state index in [1.807, 2.05) is 31.2 Å². The fraction of sp³-hybridized carbons (Fsp3) is 0.556. The third-order valence-electron chi connectivity index (χ3n) is 4.32. The molecule has 0 atom stereocenters. The number of para-hydroxylation sites is 1. The third-order valence-corrected chi connectivity index (χ3v) is 5.60. The lowest BCUT2D eigenvalue weighted by Gasteiger charge is -2.31. The number of hydrazone groups is 1. The minimum atomic E-state index is -3.45. The minimum Gasteiger partial charge on any atom is -0.493 e. The van der Waals surface area contributed by atoms with Crippen LogP contribution in [0.3, 0.4) is 0 Å². The molecule has 144 valence electrons. The zero-order chi connectivity index (χ0) is 19.0. The smallest absolute Gasteiger partial charge is 0.255 e. The van der Waals surface area contributed by atoms with Crippen LogP contribution in [-0.2, 0) is 14.8 Å².